The number of hydrogen-bond donors (Lipinski definition) is 2. The van der Waals surface area contributed by atoms with Crippen LogP contribution in [0.4, 0.5) is 0 Å². The van der Waals surface area contributed by atoms with Crippen LogP contribution in [0.2, 0.25) is 0 Å². The number of carbonyl (C=O) groups excluding carboxylic acids is 1. The molecule has 1 aromatic rings. The van der Waals surface area contributed by atoms with E-state index in [9.17, 15) is 14.7 Å². The van der Waals surface area contributed by atoms with E-state index in [1.54, 1.807) is 0 Å². The first-order valence-electron chi connectivity index (χ1n) is 8.72. The highest BCUT2D eigenvalue weighted by Crippen LogP contribution is 2.57. The van der Waals surface area contributed by atoms with Gasteiger partial charge in [-0.3, -0.25) is 9.59 Å². The molecule has 0 aliphatic heterocycles. The summed E-state index contributed by atoms with van der Waals surface area (Å²) in [7, 11) is 0. The molecule has 3 rings (SSSR count). The number of hydrogen-bond acceptors (Lipinski definition) is 2. The summed E-state index contributed by atoms with van der Waals surface area (Å²) in [5.74, 6) is -1.75. The Morgan fingerprint density at radius 2 is 1.71 bits per heavy atom. The smallest absolute Gasteiger partial charge is 0.307 e. The first kappa shape index (κ1) is 16.7. The summed E-state index contributed by atoms with van der Waals surface area (Å²) in [5, 5.41) is 12.6. The van der Waals surface area contributed by atoms with Crippen molar-refractivity contribution in [2.75, 3.05) is 6.54 Å². The second kappa shape index (κ2) is 6.80. The lowest BCUT2D eigenvalue weighted by Gasteiger charge is -2.26. The molecular formula is C20H25NO3. The summed E-state index contributed by atoms with van der Waals surface area (Å²) in [5.41, 5.74) is 3.59. The lowest BCUT2D eigenvalue weighted by Crippen LogP contribution is -2.41. The van der Waals surface area contributed by atoms with Gasteiger partial charge in [0.2, 0.25) is 5.91 Å². The third-order valence-corrected chi connectivity index (χ3v) is 5.56. The summed E-state index contributed by atoms with van der Waals surface area (Å²) in [6.45, 7) is 4.62. The fraction of sp³-hybridized carbons (Fsp3) is 0.500. The number of nitrogens with one attached hydrogen (secondary N) is 1. The van der Waals surface area contributed by atoms with Crippen LogP contribution in [-0.4, -0.2) is 23.5 Å². The van der Waals surface area contributed by atoms with Crippen molar-refractivity contribution in [1.29, 1.82) is 0 Å². The fourth-order valence-corrected chi connectivity index (χ4v) is 4.70. The largest absolute Gasteiger partial charge is 0.481 e. The van der Waals surface area contributed by atoms with Crippen LogP contribution < -0.4 is 5.32 Å². The van der Waals surface area contributed by atoms with Gasteiger partial charge in [0.25, 0.3) is 0 Å². The highest BCUT2D eigenvalue weighted by atomic mass is 16.4. The average molecular weight is 327 g/mol. The molecule has 0 unspecified atom stereocenters. The lowest BCUT2D eigenvalue weighted by molar-refractivity contribution is -0.149. The minimum absolute atomic E-state index is 0.0439. The van der Waals surface area contributed by atoms with Gasteiger partial charge in [0.1, 0.15) is 0 Å². The van der Waals surface area contributed by atoms with Crippen molar-refractivity contribution in [3.63, 3.8) is 0 Å². The Hall–Kier alpha value is -2.10. The number of amides is 1. The minimum atomic E-state index is -0.829. The summed E-state index contributed by atoms with van der Waals surface area (Å²) in [6.07, 6.45) is 2.60. The Morgan fingerprint density at radius 1 is 1.08 bits per heavy atom. The molecule has 24 heavy (non-hydrogen) atoms. The number of fused-ring (bicyclic) bond motifs is 2. The van der Waals surface area contributed by atoms with Gasteiger partial charge in [-0.2, -0.15) is 0 Å². The van der Waals surface area contributed by atoms with Crippen LogP contribution in [0.3, 0.4) is 0 Å². The molecular weight excluding hydrogens is 302 g/mol. The summed E-state index contributed by atoms with van der Waals surface area (Å²) in [4.78, 5) is 24.5. The predicted molar refractivity (Wildman–Crippen MR) is 92.4 cm³/mol. The molecule has 1 amide bonds. The highest BCUT2D eigenvalue weighted by Gasteiger charge is 2.57. The number of allylic oxidation sites excluding steroid dienone is 2. The molecule has 128 valence electrons. The molecule has 4 heteroatoms. The molecule has 0 spiro atoms. The van der Waals surface area contributed by atoms with E-state index in [1.807, 2.05) is 44.2 Å². The zero-order valence-electron chi connectivity index (χ0n) is 14.3. The van der Waals surface area contributed by atoms with Crippen LogP contribution in [0.15, 0.2) is 41.5 Å². The van der Waals surface area contributed by atoms with Gasteiger partial charge in [-0.1, -0.05) is 41.5 Å². The molecule has 0 radical (unpaired) electrons. The van der Waals surface area contributed by atoms with Gasteiger partial charge in [-0.05, 0) is 50.5 Å². The number of aliphatic carboxylic acids is 1. The normalized spacial score (nSPS) is 28.0. The predicted octanol–water partition coefficient (Wildman–Crippen LogP) is 3.04. The van der Waals surface area contributed by atoms with Crippen LogP contribution in [-0.2, 0) is 16.0 Å². The van der Waals surface area contributed by atoms with Crippen LogP contribution in [0.25, 0.3) is 0 Å². The summed E-state index contributed by atoms with van der Waals surface area (Å²) in [6, 6.07) is 10.00. The van der Waals surface area contributed by atoms with Gasteiger partial charge in [-0.15, -0.1) is 0 Å². The van der Waals surface area contributed by atoms with E-state index in [1.165, 1.54) is 16.7 Å². The van der Waals surface area contributed by atoms with Crippen molar-refractivity contribution in [2.24, 2.45) is 23.7 Å². The van der Waals surface area contributed by atoms with Crippen LogP contribution in [0.1, 0.15) is 32.3 Å². The Balaban J connectivity index is 1.69. The van der Waals surface area contributed by atoms with Crippen LogP contribution >= 0.6 is 0 Å². The number of benzene rings is 1. The highest BCUT2D eigenvalue weighted by molar-refractivity contribution is 5.87. The zero-order valence-corrected chi connectivity index (χ0v) is 14.3. The average Bonchev–Trinajstić information content (AvgIpc) is 3.11. The Bertz CT molecular complexity index is 661. The lowest BCUT2D eigenvalue weighted by atomic mass is 9.78. The summed E-state index contributed by atoms with van der Waals surface area (Å²) < 4.78 is 0. The molecule has 4 nitrogen and oxygen atoms in total. The molecule has 2 bridgehead atoms. The maximum Gasteiger partial charge on any atom is 0.307 e. The van der Waals surface area contributed by atoms with Gasteiger partial charge < -0.3 is 10.4 Å². The van der Waals surface area contributed by atoms with Gasteiger partial charge >= 0.3 is 5.97 Å². The molecule has 4 atom stereocenters. The van der Waals surface area contributed by atoms with Crippen molar-refractivity contribution >= 4 is 11.9 Å². The molecule has 0 aromatic heterocycles. The van der Waals surface area contributed by atoms with Crippen molar-refractivity contribution in [1.82, 2.24) is 5.32 Å². The molecule has 2 aliphatic rings. The Kier molecular flexibility index (Phi) is 4.74. The standard InChI is InChI=1S/C20H25NO3/c1-12(2)16-14-8-9-15(16)18(20(23)24)17(14)19(22)21-11-10-13-6-4-3-5-7-13/h3-7,14-15,17-18H,8-11H2,1-2H3,(H,21,22)(H,23,24)/t14-,15-,17+,18-/m1/s1. The SMILES string of the molecule is CC(C)=C1[C@H]2CC[C@H]1[C@@H](C(=O)O)[C@H]2C(=O)NCCc1ccccc1. The van der Waals surface area contributed by atoms with E-state index in [0.717, 1.165) is 19.3 Å². The third kappa shape index (κ3) is 2.97. The monoisotopic (exact) mass is 327 g/mol. The first-order valence-corrected chi connectivity index (χ1v) is 8.72. The number of carboxylic acid groups (broad SMARTS) is 1. The molecule has 0 saturated heterocycles. The third-order valence-electron chi connectivity index (χ3n) is 5.56. The van der Waals surface area contributed by atoms with Gasteiger partial charge in [0.05, 0.1) is 11.8 Å². The summed E-state index contributed by atoms with van der Waals surface area (Å²) >= 11 is 0. The van der Waals surface area contributed by atoms with Crippen molar-refractivity contribution < 1.29 is 14.7 Å². The molecule has 2 N–H and O–H groups in total. The Morgan fingerprint density at radius 3 is 2.29 bits per heavy atom. The van der Waals surface area contributed by atoms with Gasteiger partial charge in [-0.25, -0.2) is 0 Å². The number of carboxylic acids is 1. The van der Waals surface area contributed by atoms with E-state index >= 15 is 0 Å². The Labute approximate surface area is 143 Å². The number of carbonyl (C=O) groups is 2. The van der Waals surface area contributed by atoms with Crippen molar-refractivity contribution in [3.05, 3.63) is 47.0 Å². The second-order valence-electron chi connectivity index (χ2n) is 7.16. The van der Waals surface area contributed by atoms with Crippen molar-refractivity contribution in [2.45, 2.75) is 33.1 Å². The second-order valence-corrected chi connectivity index (χ2v) is 7.16. The minimum Gasteiger partial charge on any atom is -0.481 e. The molecule has 0 heterocycles. The van der Waals surface area contributed by atoms with Gasteiger partial charge in [0.15, 0.2) is 0 Å². The maximum absolute atomic E-state index is 12.7. The van der Waals surface area contributed by atoms with Crippen LogP contribution in [0, 0.1) is 23.7 Å². The zero-order chi connectivity index (χ0) is 17.3. The molecule has 2 aliphatic carbocycles. The molecule has 2 fully saturated rings. The van der Waals surface area contributed by atoms with Crippen LogP contribution in [0.5, 0.6) is 0 Å². The topological polar surface area (TPSA) is 66.4 Å². The van der Waals surface area contributed by atoms with E-state index in [2.05, 4.69) is 5.32 Å². The molecule has 1 aromatic carbocycles. The van der Waals surface area contributed by atoms with Gasteiger partial charge in [0, 0.05) is 6.54 Å². The maximum atomic E-state index is 12.7. The molecule has 2 saturated carbocycles. The van der Waals surface area contributed by atoms with E-state index in [0.29, 0.717) is 6.54 Å². The van der Waals surface area contributed by atoms with E-state index in [4.69, 9.17) is 0 Å². The fourth-order valence-electron chi connectivity index (χ4n) is 4.70. The number of rotatable bonds is 5. The van der Waals surface area contributed by atoms with E-state index in [-0.39, 0.29) is 17.7 Å². The first-order chi connectivity index (χ1) is 11.5. The quantitative estimate of drug-likeness (QED) is 0.817. The van der Waals surface area contributed by atoms with E-state index < -0.39 is 17.8 Å². The van der Waals surface area contributed by atoms with Crippen molar-refractivity contribution in [3.8, 4) is 0 Å².